The molecule has 0 atom stereocenters. The van der Waals surface area contributed by atoms with Crippen LogP contribution < -0.4 is 5.32 Å². The van der Waals surface area contributed by atoms with Crippen LogP contribution in [-0.4, -0.2) is 57.6 Å². The lowest BCUT2D eigenvalue weighted by atomic mass is 10.2. The van der Waals surface area contributed by atoms with E-state index in [1.165, 1.54) is 5.56 Å². The van der Waals surface area contributed by atoms with Gasteiger partial charge in [0.05, 0.1) is 11.9 Å². The molecule has 2 heterocycles. The number of carbonyl (C=O) groups excluding carboxylic acids is 2. The van der Waals surface area contributed by atoms with E-state index in [0.717, 1.165) is 29.8 Å². The van der Waals surface area contributed by atoms with Crippen molar-refractivity contribution in [2.45, 2.75) is 6.54 Å². The van der Waals surface area contributed by atoms with Gasteiger partial charge in [-0.25, -0.2) is 4.68 Å². The lowest BCUT2D eigenvalue weighted by molar-refractivity contribution is 0.0629. The van der Waals surface area contributed by atoms with Crippen molar-refractivity contribution in [3.8, 4) is 5.69 Å². The van der Waals surface area contributed by atoms with Gasteiger partial charge in [-0.3, -0.25) is 14.5 Å². The molecule has 36 heavy (non-hydrogen) atoms. The molecule has 1 aromatic heterocycles. The fourth-order valence-corrected chi connectivity index (χ4v) is 4.56. The summed E-state index contributed by atoms with van der Waals surface area (Å²) in [4.78, 5) is 30.9. The highest BCUT2D eigenvalue weighted by Gasteiger charge is 2.27. The molecule has 1 N–H and O–H groups in total. The van der Waals surface area contributed by atoms with Crippen molar-refractivity contribution >= 4 is 33.6 Å². The molecule has 1 aliphatic heterocycles. The third-order valence-corrected chi connectivity index (χ3v) is 6.78. The molecule has 1 fully saturated rings. The van der Waals surface area contributed by atoms with Crippen molar-refractivity contribution in [1.82, 2.24) is 19.6 Å². The summed E-state index contributed by atoms with van der Waals surface area (Å²) in [5.74, 6) is -0.0737. The Kier molecular flexibility index (Phi) is 7.25. The Hall–Kier alpha value is -3.75. The van der Waals surface area contributed by atoms with E-state index in [1.54, 1.807) is 23.0 Å². The van der Waals surface area contributed by atoms with Gasteiger partial charge in [-0.2, -0.15) is 5.10 Å². The Labute approximate surface area is 218 Å². The van der Waals surface area contributed by atoms with Crippen molar-refractivity contribution in [2.75, 3.05) is 31.5 Å². The Morgan fingerprint density at radius 1 is 0.833 bits per heavy atom. The number of piperazine rings is 1. The summed E-state index contributed by atoms with van der Waals surface area (Å²) in [6.45, 7) is 3.66. The summed E-state index contributed by atoms with van der Waals surface area (Å²) in [5, 5.41) is 7.41. The topological polar surface area (TPSA) is 70.5 Å². The zero-order chi connectivity index (χ0) is 24.9. The second kappa shape index (κ2) is 10.9. The van der Waals surface area contributed by atoms with E-state index in [0.29, 0.717) is 30.0 Å². The van der Waals surface area contributed by atoms with E-state index < -0.39 is 0 Å². The predicted molar refractivity (Wildman–Crippen MR) is 143 cm³/mol. The molecule has 1 saturated heterocycles. The van der Waals surface area contributed by atoms with Gasteiger partial charge in [0.15, 0.2) is 0 Å². The number of amides is 2. The molecule has 7 nitrogen and oxygen atoms in total. The van der Waals surface area contributed by atoms with Crippen LogP contribution in [0.3, 0.4) is 0 Å². The highest BCUT2D eigenvalue weighted by molar-refractivity contribution is 9.10. The third kappa shape index (κ3) is 5.40. The van der Waals surface area contributed by atoms with Gasteiger partial charge in [0.1, 0.15) is 11.4 Å². The van der Waals surface area contributed by atoms with E-state index in [1.807, 2.05) is 65.6 Å². The summed E-state index contributed by atoms with van der Waals surface area (Å²) in [5.41, 5.74) is 2.89. The van der Waals surface area contributed by atoms with E-state index >= 15 is 0 Å². The second-order valence-electron chi connectivity index (χ2n) is 8.67. The molecule has 0 bridgehead atoms. The highest BCUT2D eigenvalue weighted by Crippen LogP contribution is 2.24. The molecule has 0 spiro atoms. The van der Waals surface area contributed by atoms with Crippen molar-refractivity contribution in [3.63, 3.8) is 0 Å². The summed E-state index contributed by atoms with van der Waals surface area (Å²) in [6, 6.07) is 26.9. The molecule has 182 valence electrons. The number of hydrogen-bond acceptors (Lipinski definition) is 4. The van der Waals surface area contributed by atoms with Gasteiger partial charge >= 0.3 is 0 Å². The first-order valence-electron chi connectivity index (χ1n) is 11.8. The molecule has 4 aromatic rings. The van der Waals surface area contributed by atoms with Gasteiger partial charge in [0.2, 0.25) is 0 Å². The van der Waals surface area contributed by atoms with Crippen molar-refractivity contribution in [3.05, 3.63) is 112 Å². The second-order valence-corrected chi connectivity index (χ2v) is 9.58. The normalized spacial score (nSPS) is 14.0. The number of aromatic nitrogens is 2. The number of anilines is 1. The van der Waals surface area contributed by atoms with Gasteiger partial charge in [-0.05, 0) is 42.0 Å². The average Bonchev–Trinajstić information content (AvgIpc) is 3.33. The third-order valence-electron chi connectivity index (χ3n) is 6.25. The van der Waals surface area contributed by atoms with E-state index in [-0.39, 0.29) is 11.8 Å². The minimum absolute atomic E-state index is 0.136. The average molecular weight is 544 g/mol. The van der Waals surface area contributed by atoms with Crippen LogP contribution >= 0.6 is 15.9 Å². The smallest absolute Gasteiger partial charge is 0.259 e. The van der Waals surface area contributed by atoms with Crippen molar-refractivity contribution in [2.24, 2.45) is 0 Å². The fraction of sp³-hybridized carbons (Fsp3) is 0.179. The molecular weight excluding hydrogens is 518 g/mol. The fourth-order valence-electron chi connectivity index (χ4n) is 4.29. The molecule has 0 radical (unpaired) electrons. The molecule has 0 unspecified atom stereocenters. The first-order valence-corrected chi connectivity index (χ1v) is 12.6. The minimum Gasteiger partial charge on any atom is -0.336 e. The van der Waals surface area contributed by atoms with Crippen LogP contribution in [0.25, 0.3) is 5.69 Å². The number of rotatable bonds is 6. The molecule has 0 saturated carbocycles. The number of para-hydroxylation sites is 1. The Bertz CT molecular complexity index is 1330. The molecular formula is C28H26BrN5O2. The zero-order valence-electron chi connectivity index (χ0n) is 19.7. The van der Waals surface area contributed by atoms with Gasteiger partial charge in [-0.15, -0.1) is 0 Å². The Balaban J connectivity index is 1.36. The van der Waals surface area contributed by atoms with E-state index in [4.69, 9.17) is 0 Å². The SMILES string of the molecule is O=C(Nc1c(C(=O)N2CCN(Cc3ccccc3)CC2)cnn1-c1ccccc1)c1ccc(Br)cc1. The molecule has 8 heteroatoms. The molecule has 5 rings (SSSR count). The minimum atomic E-state index is -0.304. The van der Waals surface area contributed by atoms with Crippen molar-refractivity contribution < 1.29 is 9.59 Å². The maximum atomic E-state index is 13.6. The molecule has 1 aliphatic rings. The molecule has 0 aliphatic carbocycles. The van der Waals surface area contributed by atoms with Gasteiger partial charge in [-0.1, -0.05) is 64.5 Å². The van der Waals surface area contributed by atoms with E-state index in [2.05, 4.69) is 43.4 Å². The van der Waals surface area contributed by atoms with E-state index in [9.17, 15) is 9.59 Å². The van der Waals surface area contributed by atoms with Crippen LogP contribution in [0.5, 0.6) is 0 Å². The molecule has 2 amide bonds. The summed E-state index contributed by atoms with van der Waals surface area (Å²) >= 11 is 3.40. The monoisotopic (exact) mass is 543 g/mol. The largest absolute Gasteiger partial charge is 0.336 e. The zero-order valence-corrected chi connectivity index (χ0v) is 21.3. The first kappa shape index (κ1) is 24.0. The number of nitrogens with one attached hydrogen (secondary N) is 1. The van der Waals surface area contributed by atoms with Crippen LogP contribution in [0.15, 0.2) is 95.6 Å². The first-order chi connectivity index (χ1) is 17.6. The van der Waals surface area contributed by atoms with Crippen LogP contribution in [0.1, 0.15) is 26.3 Å². The van der Waals surface area contributed by atoms with Crippen LogP contribution in [0, 0.1) is 0 Å². The van der Waals surface area contributed by atoms with Crippen molar-refractivity contribution in [1.29, 1.82) is 0 Å². The Morgan fingerprint density at radius 3 is 2.14 bits per heavy atom. The predicted octanol–water partition coefficient (Wildman–Crippen LogP) is 4.85. The molecule has 3 aromatic carbocycles. The maximum Gasteiger partial charge on any atom is 0.259 e. The highest BCUT2D eigenvalue weighted by atomic mass is 79.9. The van der Waals surface area contributed by atoms with Crippen LogP contribution in [-0.2, 0) is 6.54 Å². The number of hydrogen-bond donors (Lipinski definition) is 1. The van der Waals surface area contributed by atoms with Gasteiger partial charge in [0.25, 0.3) is 11.8 Å². The quantitative estimate of drug-likeness (QED) is 0.377. The summed E-state index contributed by atoms with van der Waals surface area (Å²) in [7, 11) is 0. The van der Waals surface area contributed by atoms with Gasteiger partial charge < -0.3 is 10.2 Å². The number of carbonyl (C=O) groups is 2. The number of halogens is 1. The lowest BCUT2D eigenvalue weighted by Crippen LogP contribution is -2.48. The summed E-state index contributed by atoms with van der Waals surface area (Å²) in [6.07, 6.45) is 1.54. The summed E-state index contributed by atoms with van der Waals surface area (Å²) < 4.78 is 2.49. The standard InChI is InChI=1S/C28H26BrN5O2/c29-23-13-11-22(12-14-23)27(35)31-26-25(19-30-34(26)24-9-5-2-6-10-24)28(36)33-17-15-32(16-18-33)20-21-7-3-1-4-8-21/h1-14,19H,15-18,20H2,(H,31,35). The van der Waals surface area contributed by atoms with Crippen LogP contribution in [0.4, 0.5) is 5.82 Å². The maximum absolute atomic E-state index is 13.6. The van der Waals surface area contributed by atoms with Gasteiger partial charge in [0, 0.05) is 42.8 Å². The van der Waals surface area contributed by atoms with Crippen LogP contribution in [0.2, 0.25) is 0 Å². The number of nitrogens with zero attached hydrogens (tertiary/aromatic N) is 4. The Morgan fingerprint density at radius 2 is 1.47 bits per heavy atom. The lowest BCUT2D eigenvalue weighted by Gasteiger charge is -2.34. The number of benzene rings is 3.